The van der Waals surface area contributed by atoms with Crippen LogP contribution in [0.3, 0.4) is 0 Å². The summed E-state index contributed by atoms with van der Waals surface area (Å²) in [6.07, 6.45) is 0. The molecule has 0 unspecified atom stereocenters. The van der Waals surface area contributed by atoms with Crippen LogP contribution in [-0.4, -0.2) is 0 Å². The van der Waals surface area contributed by atoms with Crippen LogP contribution in [0.5, 0.6) is 11.5 Å². The van der Waals surface area contributed by atoms with Gasteiger partial charge in [0.05, 0.1) is 0 Å². The van der Waals surface area contributed by atoms with Crippen LogP contribution in [0.4, 0.5) is 17.1 Å². The summed E-state index contributed by atoms with van der Waals surface area (Å²) < 4.78 is 6.35. The van der Waals surface area contributed by atoms with Crippen LogP contribution in [0.1, 0.15) is 0 Å². The van der Waals surface area contributed by atoms with Crippen molar-refractivity contribution in [1.82, 2.24) is 0 Å². The summed E-state index contributed by atoms with van der Waals surface area (Å²) in [5.74, 6) is 1.81. The lowest BCUT2D eigenvalue weighted by atomic mass is 9.90. The molecule has 1 aliphatic heterocycles. The summed E-state index contributed by atoms with van der Waals surface area (Å²) in [6, 6.07) is 57.9. The van der Waals surface area contributed by atoms with E-state index in [1.807, 2.05) is 12.1 Å². The Hall–Kier alpha value is -5.60. The quantitative estimate of drug-likeness (QED) is 0.216. The van der Waals surface area contributed by atoms with Gasteiger partial charge in [0.2, 0.25) is 0 Å². The molecule has 8 rings (SSSR count). The zero-order chi connectivity index (χ0) is 27.9. The molecule has 0 N–H and O–H groups in total. The minimum absolute atomic E-state index is 0.906. The normalized spacial score (nSPS) is 11.5. The van der Waals surface area contributed by atoms with Crippen molar-refractivity contribution in [3.63, 3.8) is 0 Å². The van der Waals surface area contributed by atoms with Gasteiger partial charge in [-0.2, -0.15) is 0 Å². The number of anilines is 3. The summed E-state index contributed by atoms with van der Waals surface area (Å²) >= 11 is 0. The third kappa shape index (κ3) is 4.13. The number of nitrogens with zero attached hydrogens (tertiary/aromatic N) is 1. The summed E-state index contributed by atoms with van der Waals surface area (Å²) in [5.41, 5.74) is 10.4. The zero-order valence-corrected chi connectivity index (χ0v) is 22.9. The Kier molecular flexibility index (Phi) is 5.82. The number of fused-ring (bicyclic) bond motifs is 2. The number of ether oxygens (including phenoxy) is 1. The fourth-order valence-corrected chi connectivity index (χ4v) is 6.10. The molecule has 0 radical (unpaired) electrons. The predicted molar refractivity (Wildman–Crippen MR) is 175 cm³/mol. The number of para-hydroxylation sites is 2. The smallest absolute Gasteiger partial charge is 0.135 e. The highest BCUT2D eigenvalue weighted by Gasteiger charge is 2.21. The van der Waals surface area contributed by atoms with Gasteiger partial charge in [-0.15, -0.1) is 0 Å². The molecule has 0 aliphatic carbocycles. The van der Waals surface area contributed by atoms with Crippen LogP contribution in [0.25, 0.3) is 44.2 Å². The molecule has 0 saturated heterocycles. The van der Waals surface area contributed by atoms with Crippen molar-refractivity contribution in [2.45, 2.75) is 0 Å². The van der Waals surface area contributed by atoms with E-state index in [2.05, 4.69) is 157 Å². The van der Waals surface area contributed by atoms with Crippen LogP contribution in [0, 0.1) is 0 Å². The molecule has 0 spiro atoms. The average Bonchev–Trinajstić information content (AvgIpc) is 3.07. The summed E-state index contributed by atoms with van der Waals surface area (Å²) in [4.78, 5) is 2.32. The predicted octanol–water partition coefficient (Wildman–Crippen LogP) is 11.4. The van der Waals surface area contributed by atoms with Crippen LogP contribution < -0.4 is 9.64 Å². The van der Waals surface area contributed by atoms with E-state index in [-0.39, 0.29) is 0 Å². The fourth-order valence-electron chi connectivity index (χ4n) is 6.10. The first-order valence-electron chi connectivity index (χ1n) is 14.3. The van der Waals surface area contributed by atoms with E-state index in [0.717, 1.165) is 45.1 Å². The zero-order valence-electron chi connectivity index (χ0n) is 22.9. The van der Waals surface area contributed by atoms with Gasteiger partial charge in [0.25, 0.3) is 0 Å². The third-order valence-corrected chi connectivity index (χ3v) is 8.06. The van der Waals surface area contributed by atoms with Crippen molar-refractivity contribution in [2.75, 3.05) is 4.90 Å². The number of hydrogen-bond acceptors (Lipinski definition) is 2. The first-order valence-corrected chi connectivity index (χ1v) is 14.3. The highest BCUT2D eigenvalue weighted by Crippen LogP contribution is 2.48. The standard InChI is InChI=1S/C40H27NO/c1-3-11-28(12-4-1)29-21-23-32(24-22-29)41(31-14-5-2-6-15-31)33-16-9-13-30(27-33)34-25-26-39-40-36(34)18-10-19-37(40)35-17-7-8-20-38(35)42-39/h1-27H. The molecular formula is C40H27NO. The Morgan fingerprint density at radius 2 is 0.976 bits per heavy atom. The van der Waals surface area contributed by atoms with Crippen molar-refractivity contribution in [3.05, 3.63) is 164 Å². The van der Waals surface area contributed by atoms with E-state index >= 15 is 0 Å². The molecule has 0 amide bonds. The van der Waals surface area contributed by atoms with Gasteiger partial charge in [-0.05, 0) is 81.7 Å². The van der Waals surface area contributed by atoms with E-state index in [1.165, 1.54) is 27.6 Å². The van der Waals surface area contributed by atoms with Gasteiger partial charge in [-0.3, -0.25) is 0 Å². The van der Waals surface area contributed by atoms with Crippen LogP contribution >= 0.6 is 0 Å². The molecule has 1 heterocycles. The Balaban J connectivity index is 1.25. The van der Waals surface area contributed by atoms with Gasteiger partial charge >= 0.3 is 0 Å². The molecule has 2 nitrogen and oxygen atoms in total. The van der Waals surface area contributed by atoms with Crippen LogP contribution in [0.15, 0.2) is 164 Å². The van der Waals surface area contributed by atoms with Crippen molar-refractivity contribution in [1.29, 1.82) is 0 Å². The lowest BCUT2D eigenvalue weighted by molar-refractivity contribution is 0.487. The SMILES string of the molecule is c1ccc(-c2ccc(N(c3ccccc3)c3cccc(-c4ccc5c6c(cccc46)-c4ccccc4O5)c3)cc2)cc1. The summed E-state index contributed by atoms with van der Waals surface area (Å²) in [5, 5.41) is 2.35. The van der Waals surface area contributed by atoms with Crippen molar-refractivity contribution >= 4 is 27.8 Å². The monoisotopic (exact) mass is 537 g/mol. The maximum atomic E-state index is 6.35. The van der Waals surface area contributed by atoms with Crippen molar-refractivity contribution in [2.24, 2.45) is 0 Å². The lowest BCUT2D eigenvalue weighted by Crippen LogP contribution is -2.09. The molecule has 0 fully saturated rings. The number of rotatable bonds is 5. The molecular weight excluding hydrogens is 510 g/mol. The molecule has 0 saturated carbocycles. The highest BCUT2D eigenvalue weighted by atomic mass is 16.5. The molecule has 0 atom stereocenters. The van der Waals surface area contributed by atoms with Crippen LogP contribution in [-0.2, 0) is 0 Å². The van der Waals surface area contributed by atoms with E-state index in [9.17, 15) is 0 Å². The number of benzene rings is 7. The van der Waals surface area contributed by atoms with E-state index in [4.69, 9.17) is 4.74 Å². The second kappa shape index (κ2) is 10.1. The summed E-state index contributed by atoms with van der Waals surface area (Å²) in [6.45, 7) is 0. The molecule has 7 aromatic rings. The lowest BCUT2D eigenvalue weighted by Gasteiger charge is -2.26. The van der Waals surface area contributed by atoms with E-state index in [1.54, 1.807) is 0 Å². The topological polar surface area (TPSA) is 12.5 Å². The Morgan fingerprint density at radius 3 is 1.81 bits per heavy atom. The fraction of sp³-hybridized carbons (Fsp3) is 0. The second-order valence-electron chi connectivity index (χ2n) is 10.6. The van der Waals surface area contributed by atoms with Crippen LogP contribution in [0.2, 0.25) is 0 Å². The van der Waals surface area contributed by atoms with E-state index < -0.39 is 0 Å². The largest absolute Gasteiger partial charge is 0.456 e. The molecule has 198 valence electrons. The van der Waals surface area contributed by atoms with Gasteiger partial charge < -0.3 is 9.64 Å². The first kappa shape index (κ1) is 24.2. The van der Waals surface area contributed by atoms with Crippen molar-refractivity contribution in [3.8, 4) is 44.9 Å². The van der Waals surface area contributed by atoms with Gasteiger partial charge in [0, 0.05) is 28.0 Å². The number of hydrogen-bond donors (Lipinski definition) is 0. The maximum absolute atomic E-state index is 6.35. The highest BCUT2D eigenvalue weighted by molar-refractivity contribution is 6.10. The molecule has 0 aromatic heterocycles. The Labute approximate surface area is 245 Å². The Bertz CT molecular complexity index is 2050. The minimum Gasteiger partial charge on any atom is -0.456 e. The molecule has 0 bridgehead atoms. The minimum atomic E-state index is 0.906. The molecule has 2 heteroatoms. The second-order valence-corrected chi connectivity index (χ2v) is 10.6. The van der Waals surface area contributed by atoms with Gasteiger partial charge in [0.15, 0.2) is 0 Å². The van der Waals surface area contributed by atoms with Gasteiger partial charge in [-0.25, -0.2) is 0 Å². The summed E-state index contributed by atoms with van der Waals surface area (Å²) in [7, 11) is 0. The van der Waals surface area contributed by atoms with Crippen molar-refractivity contribution < 1.29 is 4.74 Å². The molecule has 42 heavy (non-hydrogen) atoms. The van der Waals surface area contributed by atoms with Gasteiger partial charge in [0.1, 0.15) is 11.5 Å². The van der Waals surface area contributed by atoms with Gasteiger partial charge in [-0.1, -0.05) is 115 Å². The molecule has 1 aliphatic rings. The maximum Gasteiger partial charge on any atom is 0.135 e. The first-order chi connectivity index (χ1) is 20.8. The molecule has 7 aromatic carbocycles. The van der Waals surface area contributed by atoms with E-state index in [0.29, 0.717) is 0 Å². The average molecular weight is 538 g/mol. The Morgan fingerprint density at radius 1 is 0.357 bits per heavy atom. The third-order valence-electron chi connectivity index (χ3n) is 8.06.